The number of anilines is 1. The summed E-state index contributed by atoms with van der Waals surface area (Å²) in [5.74, 6) is 0.289. The van der Waals surface area contributed by atoms with Gasteiger partial charge in [0.25, 0.3) is 0 Å². The summed E-state index contributed by atoms with van der Waals surface area (Å²) in [7, 11) is 0. The molecule has 1 heterocycles. The Hall–Kier alpha value is -2.01. The molecule has 0 atom stereocenters. The second-order valence-electron chi connectivity index (χ2n) is 4.58. The molecule has 0 radical (unpaired) electrons. The van der Waals surface area contributed by atoms with E-state index in [1.54, 1.807) is 12.1 Å². The van der Waals surface area contributed by atoms with E-state index in [-0.39, 0.29) is 5.82 Å². The lowest BCUT2D eigenvalue weighted by molar-refractivity contribution is 0.629. The molecule has 2 N–H and O–H groups in total. The number of nitrogens with two attached hydrogens (primary N) is 1. The number of benzene rings is 2. The van der Waals surface area contributed by atoms with Crippen LogP contribution in [0.2, 0.25) is 0 Å². The first-order valence-corrected chi connectivity index (χ1v) is 6.83. The summed E-state index contributed by atoms with van der Waals surface area (Å²) < 4.78 is 14.8. The third kappa shape index (κ3) is 2.25. The standard InChI is InChI=1S/C15H11BrFN3/c1-8-2-4-12(17)10(6-8)15-19-13-5-3-9(16)7-11(13)14(18)20-15/h2-7H,1H3,(H2,18,19,20). The summed E-state index contributed by atoms with van der Waals surface area (Å²) >= 11 is 3.38. The maximum absolute atomic E-state index is 13.9. The molecule has 3 nitrogen and oxygen atoms in total. The van der Waals surface area contributed by atoms with Crippen LogP contribution in [0.1, 0.15) is 5.56 Å². The molecule has 0 saturated carbocycles. The fourth-order valence-electron chi connectivity index (χ4n) is 2.06. The Balaban J connectivity index is 2.27. The fraction of sp³-hybridized carbons (Fsp3) is 0.0667. The molecular weight excluding hydrogens is 321 g/mol. The molecule has 0 unspecified atom stereocenters. The summed E-state index contributed by atoms with van der Waals surface area (Å²) in [4.78, 5) is 8.62. The molecule has 3 aromatic rings. The van der Waals surface area contributed by atoms with Crippen molar-refractivity contribution in [3.8, 4) is 11.4 Å². The Labute approximate surface area is 123 Å². The lowest BCUT2D eigenvalue weighted by Crippen LogP contribution is -1.99. The summed E-state index contributed by atoms with van der Waals surface area (Å²) in [6, 6.07) is 10.4. The Kier molecular flexibility index (Phi) is 3.14. The van der Waals surface area contributed by atoms with Crippen LogP contribution in [0.4, 0.5) is 10.2 Å². The Bertz CT molecular complexity index is 818. The second kappa shape index (κ2) is 4.83. The first-order valence-electron chi connectivity index (χ1n) is 6.04. The molecule has 0 aliphatic rings. The molecule has 5 heteroatoms. The van der Waals surface area contributed by atoms with Crippen LogP contribution in [0.25, 0.3) is 22.3 Å². The van der Waals surface area contributed by atoms with E-state index in [2.05, 4.69) is 25.9 Å². The Morgan fingerprint density at radius 1 is 1.10 bits per heavy atom. The van der Waals surface area contributed by atoms with Gasteiger partial charge >= 0.3 is 0 Å². The van der Waals surface area contributed by atoms with Gasteiger partial charge in [-0.15, -0.1) is 0 Å². The van der Waals surface area contributed by atoms with Crippen LogP contribution in [0.5, 0.6) is 0 Å². The first-order chi connectivity index (χ1) is 9.54. The van der Waals surface area contributed by atoms with Crippen molar-refractivity contribution in [1.29, 1.82) is 0 Å². The van der Waals surface area contributed by atoms with Crippen LogP contribution in [0.15, 0.2) is 40.9 Å². The predicted molar refractivity (Wildman–Crippen MR) is 81.8 cm³/mol. The van der Waals surface area contributed by atoms with Crippen molar-refractivity contribution in [3.05, 3.63) is 52.3 Å². The van der Waals surface area contributed by atoms with Crippen molar-refractivity contribution < 1.29 is 4.39 Å². The summed E-state index contributed by atoms with van der Waals surface area (Å²) in [5.41, 5.74) is 7.95. The molecule has 1 aromatic heterocycles. The van der Waals surface area contributed by atoms with Gasteiger partial charge in [0.05, 0.1) is 11.1 Å². The molecule has 0 bridgehead atoms. The normalized spacial score (nSPS) is 10.9. The highest BCUT2D eigenvalue weighted by Gasteiger charge is 2.11. The maximum atomic E-state index is 13.9. The van der Waals surface area contributed by atoms with Crippen LogP contribution >= 0.6 is 15.9 Å². The number of rotatable bonds is 1. The lowest BCUT2D eigenvalue weighted by Gasteiger charge is -2.07. The van der Waals surface area contributed by atoms with Crippen molar-refractivity contribution in [2.24, 2.45) is 0 Å². The zero-order chi connectivity index (χ0) is 14.3. The minimum Gasteiger partial charge on any atom is -0.383 e. The number of nitrogen functional groups attached to an aromatic ring is 1. The SMILES string of the molecule is Cc1ccc(F)c(-c2nc(N)c3cc(Br)ccc3n2)c1. The van der Waals surface area contributed by atoms with Gasteiger partial charge in [-0.2, -0.15) is 0 Å². The number of fused-ring (bicyclic) bond motifs is 1. The molecule has 0 aliphatic carbocycles. The topological polar surface area (TPSA) is 51.8 Å². The van der Waals surface area contributed by atoms with E-state index in [9.17, 15) is 4.39 Å². The minimum atomic E-state index is -0.355. The quantitative estimate of drug-likeness (QED) is 0.730. The van der Waals surface area contributed by atoms with Crippen molar-refractivity contribution in [2.75, 3.05) is 5.73 Å². The van der Waals surface area contributed by atoms with Crippen LogP contribution < -0.4 is 5.73 Å². The van der Waals surface area contributed by atoms with E-state index >= 15 is 0 Å². The molecule has 0 amide bonds. The molecule has 20 heavy (non-hydrogen) atoms. The van der Waals surface area contributed by atoms with E-state index in [0.717, 1.165) is 15.4 Å². The third-order valence-electron chi connectivity index (χ3n) is 3.05. The van der Waals surface area contributed by atoms with E-state index < -0.39 is 0 Å². The smallest absolute Gasteiger partial charge is 0.165 e. The average molecular weight is 332 g/mol. The molecule has 0 spiro atoms. The lowest BCUT2D eigenvalue weighted by atomic mass is 10.1. The van der Waals surface area contributed by atoms with Crippen LogP contribution in [0, 0.1) is 12.7 Å². The van der Waals surface area contributed by atoms with Gasteiger partial charge < -0.3 is 5.73 Å². The molecule has 0 saturated heterocycles. The number of halogens is 2. The van der Waals surface area contributed by atoms with Crippen molar-refractivity contribution >= 4 is 32.7 Å². The van der Waals surface area contributed by atoms with Crippen molar-refractivity contribution in [2.45, 2.75) is 6.92 Å². The molecule has 100 valence electrons. The summed E-state index contributed by atoms with van der Waals surface area (Å²) in [6.07, 6.45) is 0. The van der Waals surface area contributed by atoms with Crippen LogP contribution in [-0.2, 0) is 0 Å². The fourth-order valence-corrected chi connectivity index (χ4v) is 2.42. The summed E-state index contributed by atoms with van der Waals surface area (Å²) in [5, 5.41) is 0.746. The largest absolute Gasteiger partial charge is 0.383 e. The monoisotopic (exact) mass is 331 g/mol. The van der Waals surface area contributed by atoms with Crippen LogP contribution in [-0.4, -0.2) is 9.97 Å². The van der Waals surface area contributed by atoms with E-state index in [0.29, 0.717) is 22.7 Å². The second-order valence-corrected chi connectivity index (χ2v) is 5.49. The number of aryl methyl sites for hydroxylation is 1. The molecular formula is C15H11BrFN3. The van der Waals surface area contributed by atoms with Gasteiger partial charge in [0.1, 0.15) is 11.6 Å². The number of aromatic nitrogens is 2. The van der Waals surface area contributed by atoms with Gasteiger partial charge in [-0.1, -0.05) is 27.6 Å². The van der Waals surface area contributed by atoms with E-state index in [1.807, 2.05) is 25.1 Å². The van der Waals surface area contributed by atoms with E-state index in [1.165, 1.54) is 6.07 Å². The van der Waals surface area contributed by atoms with Crippen molar-refractivity contribution in [1.82, 2.24) is 9.97 Å². The average Bonchev–Trinajstić information content (AvgIpc) is 2.42. The molecule has 3 rings (SSSR count). The van der Waals surface area contributed by atoms with E-state index in [4.69, 9.17) is 5.73 Å². The maximum Gasteiger partial charge on any atom is 0.165 e. The number of nitrogens with zero attached hydrogens (tertiary/aromatic N) is 2. The molecule has 2 aromatic carbocycles. The van der Waals surface area contributed by atoms with Crippen molar-refractivity contribution in [3.63, 3.8) is 0 Å². The predicted octanol–water partition coefficient (Wildman–Crippen LogP) is 4.09. The highest BCUT2D eigenvalue weighted by Crippen LogP contribution is 2.27. The van der Waals surface area contributed by atoms with Crippen LogP contribution in [0.3, 0.4) is 0 Å². The van der Waals surface area contributed by atoms with Gasteiger partial charge in [0, 0.05) is 9.86 Å². The van der Waals surface area contributed by atoms with Gasteiger partial charge in [-0.3, -0.25) is 0 Å². The zero-order valence-corrected chi connectivity index (χ0v) is 12.3. The Morgan fingerprint density at radius 2 is 1.90 bits per heavy atom. The first kappa shape index (κ1) is 13.0. The number of hydrogen-bond acceptors (Lipinski definition) is 3. The van der Waals surface area contributed by atoms with Gasteiger partial charge in [0.15, 0.2) is 5.82 Å². The van der Waals surface area contributed by atoms with Gasteiger partial charge in [-0.25, -0.2) is 14.4 Å². The third-order valence-corrected chi connectivity index (χ3v) is 3.54. The van der Waals surface area contributed by atoms with Gasteiger partial charge in [-0.05, 0) is 37.3 Å². The molecule has 0 aliphatic heterocycles. The highest BCUT2D eigenvalue weighted by molar-refractivity contribution is 9.10. The highest BCUT2D eigenvalue weighted by atomic mass is 79.9. The molecule has 0 fully saturated rings. The Morgan fingerprint density at radius 3 is 2.70 bits per heavy atom. The van der Waals surface area contributed by atoms with Gasteiger partial charge in [0.2, 0.25) is 0 Å². The number of hydrogen-bond donors (Lipinski definition) is 1. The summed E-state index contributed by atoms with van der Waals surface area (Å²) in [6.45, 7) is 1.89. The zero-order valence-electron chi connectivity index (χ0n) is 10.7. The minimum absolute atomic E-state index is 0.304.